The highest BCUT2D eigenvalue weighted by molar-refractivity contribution is 5.48. The molecule has 3 rings (SSSR count). The molecule has 1 aliphatic rings. The fraction of sp³-hybridized carbons (Fsp3) is 0.357. The van der Waals surface area contributed by atoms with Crippen molar-refractivity contribution in [3.63, 3.8) is 0 Å². The van der Waals surface area contributed by atoms with E-state index in [2.05, 4.69) is 21.0 Å². The smallest absolute Gasteiger partial charge is 0.266 e. The first kappa shape index (κ1) is 11.9. The van der Waals surface area contributed by atoms with E-state index in [1.54, 1.807) is 23.0 Å². The highest BCUT2D eigenvalue weighted by Gasteiger charge is 2.27. The topological polar surface area (TPSA) is 51.0 Å². The van der Waals surface area contributed by atoms with Gasteiger partial charge in [0.2, 0.25) is 0 Å². The predicted molar refractivity (Wildman–Crippen MR) is 73.2 cm³/mol. The standard InChI is InChI=1S/C14H16N4O/c1-11-7-13(4-6-15-11)17-8-12(9-17)10-18-14(19)3-2-5-16-18/h2-7,12H,8-10H2,1H3. The third-order valence-electron chi connectivity index (χ3n) is 3.42. The Kier molecular flexibility index (Phi) is 3.03. The molecule has 0 N–H and O–H groups in total. The van der Waals surface area contributed by atoms with Crippen LogP contribution in [0.4, 0.5) is 5.69 Å². The summed E-state index contributed by atoms with van der Waals surface area (Å²) in [4.78, 5) is 18.1. The van der Waals surface area contributed by atoms with Crippen LogP contribution in [-0.2, 0) is 6.54 Å². The second-order valence-corrected chi connectivity index (χ2v) is 4.97. The van der Waals surface area contributed by atoms with Crippen molar-refractivity contribution in [1.29, 1.82) is 0 Å². The third-order valence-corrected chi connectivity index (χ3v) is 3.42. The Balaban J connectivity index is 1.62. The Labute approximate surface area is 111 Å². The third kappa shape index (κ3) is 2.50. The summed E-state index contributed by atoms with van der Waals surface area (Å²) in [5.41, 5.74) is 2.21. The van der Waals surface area contributed by atoms with Crippen LogP contribution in [0.25, 0.3) is 0 Å². The normalized spacial score (nSPS) is 15.3. The second-order valence-electron chi connectivity index (χ2n) is 4.97. The van der Waals surface area contributed by atoms with Gasteiger partial charge in [-0.1, -0.05) is 0 Å². The molecule has 1 saturated heterocycles. The lowest BCUT2D eigenvalue weighted by Crippen LogP contribution is -2.49. The first-order valence-corrected chi connectivity index (χ1v) is 6.42. The molecule has 2 aromatic rings. The summed E-state index contributed by atoms with van der Waals surface area (Å²) < 4.78 is 1.54. The lowest BCUT2D eigenvalue weighted by Gasteiger charge is -2.41. The van der Waals surface area contributed by atoms with Crippen molar-refractivity contribution in [3.8, 4) is 0 Å². The zero-order valence-corrected chi connectivity index (χ0v) is 10.9. The van der Waals surface area contributed by atoms with Crippen LogP contribution in [0.3, 0.4) is 0 Å². The first-order valence-electron chi connectivity index (χ1n) is 6.42. The molecule has 5 heteroatoms. The molecule has 0 atom stereocenters. The van der Waals surface area contributed by atoms with Crippen molar-refractivity contribution >= 4 is 5.69 Å². The lowest BCUT2D eigenvalue weighted by atomic mass is 9.99. The quantitative estimate of drug-likeness (QED) is 0.824. The van der Waals surface area contributed by atoms with E-state index in [-0.39, 0.29) is 5.56 Å². The monoisotopic (exact) mass is 256 g/mol. The van der Waals surface area contributed by atoms with Gasteiger partial charge >= 0.3 is 0 Å². The van der Waals surface area contributed by atoms with Gasteiger partial charge in [0.15, 0.2) is 0 Å². The summed E-state index contributed by atoms with van der Waals surface area (Å²) in [5.74, 6) is 0.487. The largest absolute Gasteiger partial charge is 0.371 e. The maximum Gasteiger partial charge on any atom is 0.266 e. The van der Waals surface area contributed by atoms with E-state index in [0.717, 1.165) is 18.8 Å². The number of hydrogen-bond acceptors (Lipinski definition) is 4. The minimum absolute atomic E-state index is 0.0271. The van der Waals surface area contributed by atoms with E-state index in [1.807, 2.05) is 19.2 Å². The average Bonchev–Trinajstić information content (AvgIpc) is 2.35. The molecule has 5 nitrogen and oxygen atoms in total. The van der Waals surface area contributed by atoms with Crippen LogP contribution < -0.4 is 10.5 Å². The molecule has 19 heavy (non-hydrogen) atoms. The molecule has 0 unspecified atom stereocenters. The van der Waals surface area contributed by atoms with Gasteiger partial charge in [-0.2, -0.15) is 5.10 Å². The Morgan fingerprint density at radius 1 is 1.32 bits per heavy atom. The summed E-state index contributed by atoms with van der Waals surface area (Å²) in [6, 6.07) is 7.33. The van der Waals surface area contributed by atoms with Crippen LogP contribution in [0.15, 0.2) is 41.5 Å². The van der Waals surface area contributed by atoms with Gasteiger partial charge in [-0.3, -0.25) is 9.78 Å². The molecule has 0 aliphatic carbocycles. The van der Waals surface area contributed by atoms with Gasteiger partial charge in [0.25, 0.3) is 5.56 Å². The van der Waals surface area contributed by atoms with E-state index in [9.17, 15) is 4.79 Å². The molecular formula is C14H16N4O. The van der Waals surface area contributed by atoms with E-state index in [1.165, 1.54) is 5.69 Å². The minimum Gasteiger partial charge on any atom is -0.371 e. The molecular weight excluding hydrogens is 240 g/mol. The van der Waals surface area contributed by atoms with E-state index >= 15 is 0 Å². The Morgan fingerprint density at radius 3 is 2.89 bits per heavy atom. The maximum atomic E-state index is 11.6. The highest BCUT2D eigenvalue weighted by atomic mass is 16.1. The summed E-state index contributed by atoms with van der Waals surface area (Å²) >= 11 is 0. The fourth-order valence-electron chi connectivity index (χ4n) is 2.39. The maximum absolute atomic E-state index is 11.6. The Hall–Kier alpha value is -2.17. The number of nitrogens with zero attached hydrogens (tertiary/aromatic N) is 4. The summed E-state index contributed by atoms with van der Waals surface area (Å²) in [5, 5.41) is 4.09. The van der Waals surface area contributed by atoms with Gasteiger partial charge in [-0.15, -0.1) is 0 Å². The van der Waals surface area contributed by atoms with Gasteiger partial charge in [-0.05, 0) is 25.1 Å². The van der Waals surface area contributed by atoms with Crippen LogP contribution in [-0.4, -0.2) is 27.9 Å². The predicted octanol–water partition coefficient (Wildman–Crippen LogP) is 1.08. The van der Waals surface area contributed by atoms with Crippen LogP contribution in [0, 0.1) is 12.8 Å². The van der Waals surface area contributed by atoms with Gasteiger partial charge in [-0.25, -0.2) is 4.68 Å². The van der Waals surface area contributed by atoms with Gasteiger partial charge in [0.05, 0.1) is 6.54 Å². The molecule has 0 bridgehead atoms. The number of pyridine rings is 1. The molecule has 1 fully saturated rings. The van der Waals surface area contributed by atoms with Crippen molar-refractivity contribution in [1.82, 2.24) is 14.8 Å². The second kappa shape index (κ2) is 4.84. The number of aryl methyl sites for hydroxylation is 1. The van der Waals surface area contributed by atoms with Gasteiger partial charge < -0.3 is 4.90 Å². The van der Waals surface area contributed by atoms with Crippen molar-refractivity contribution in [3.05, 3.63) is 52.7 Å². The SMILES string of the molecule is Cc1cc(N2CC(Cn3ncccc3=O)C2)ccn1. The van der Waals surface area contributed by atoms with Crippen LogP contribution in [0.2, 0.25) is 0 Å². The van der Waals surface area contributed by atoms with E-state index < -0.39 is 0 Å². The summed E-state index contributed by atoms with van der Waals surface area (Å²) in [6.45, 7) is 4.62. The molecule has 0 saturated carbocycles. The molecule has 1 aliphatic heterocycles. The summed E-state index contributed by atoms with van der Waals surface area (Å²) in [6.07, 6.45) is 3.49. The Bertz CT molecular complexity index is 631. The summed E-state index contributed by atoms with van der Waals surface area (Å²) in [7, 11) is 0. The van der Waals surface area contributed by atoms with Crippen LogP contribution in [0.1, 0.15) is 5.69 Å². The molecule has 2 aromatic heterocycles. The van der Waals surface area contributed by atoms with E-state index in [4.69, 9.17) is 0 Å². The number of rotatable bonds is 3. The highest BCUT2D eigenvalue weighted by Crippen LogP contribution is 2.25. The number of anilines is 1. The number of hydrogen-bond donors (Lipinski definition) is 0. The molecule has 0 radical (unpaired) electrons. The molecule has 3 heterocycles. The van der Waals surface area contributed by atoms with Crippen molar-refractivity contribution in [2.45, 2.75) is 13.5 Å². The lowest BCUT2D eigenvalue weighted by molar-refractivity contribution is 0.334. The Morgan fingerprint density at radius 2 is 2.16 bits per heavy atom. The van der Waals surface area contributed by atoms with Crippen LogP contribution >= 0.6 is 0 Å². The average molecular weight is 256 g/mol. The minimum atomic E-state index is -0.0271. The van der Waals surface area contributed by atoms with Crippen molar-refractivity contribution in [2.24, 2.45) is 5.92 Å². The molecule has 0 amide bonds. The first-order chi connectivity index (χ1) is 9.22. The fourth-order valence-corrected chi connectivity index (χ4v) is 2.39. The molecule has 0 aromatic carbocycles. The van der Waals surface area contributed by atoms with Gasteiger partial charge in [0.1, 0.15) is 0 Å². The van der Waals surface area contributed by atoms with Crippen LogP contribution in [0.5, 0.6) is 0 Å². The van der Waals surface area contributed by atoms with Crippen molar-refractivity contribution < 1.29 is 0 Å². The zero-order chi connectivity index (χ0) is 13.2. The molecule has 98 valence electrons. The zero-order valence-electron chi connectivity index (χ0n) is 10.9. The molecule has 0 spiro atoms. The van der Waals surface area contributed by atoms with Gasteiger partial charge in [0, 0.05) is 48.8 Å². The van der Waals surface area contributed by atoms with E-state index in [0.29, 0.717) is 12.5 Å². The number of aromatic nitrogens is 3. The van der Waals surface area contributed by atoms with Crippen molar-refractivity contribution in [2.75, 3.05) is 18.0 Å².